The lowest BCUT2D eigenvalue weighted by Crippen LogP contribution is -2.34. The molecule has 0 saturated carbocycles. The summed E-state index contributed by atoms with van der Waals surface area (Å²) < 4.78 is 13.5. The zero-order valence-electron chi connectivity index (χ0n) is 12.0. The third kappa shape index (κ3) is 2.92. The third-order valence-electron chi connectivity index (χ3n) is 3.62. The lowest BCUT2D eigenvalue weighted by Gasteiger charge is -2.25. The predicted molar refractivity (Wildman–Crippen MR) is 83.7 cm³/mol. The fraction of sp³-hybridized carbons (Fsp3) is 0.250. The average molecular weight is 318 g/mol. The molecule has 4 nitrogen and oxygen atoms in total. The maximum absolute atomic E-state index is 13.5. The molecule has 1 aliphatic heterocycles. The number of rotatable bonds is 2. The zero-order valence-corrected chi connectivity index (χ0v) is 12.8. The maximum Gasteiger partial charge on any atom is 0.260 e. The average Bonchev–Trinajstić information content (AvgIpc) is 2.47. The van der Waals surface area contributed by atoms with Crippen LogP contribution in [0.3, 0.4) is 0 Å². The minimum Gasteiger partial charge on any atom is -0.345 e. The van der Waals surface area contributed by atoms with Crippen LogP contribution in [0.5, 0.6) is 0 Å². The van der Waals surface area contributed by atoms with E-state index in [2.05, 4.69) is 10.3 Å². The lowest BCUT2D eigenvalue weighted by atomic mass is 10.0. The van der Waals surface area contributed by atoms with Crippen molar-refractivity contribution in [2.24, 2.45) is 0 Å². The van der Waals surface area contributed by atoms with E-state index in [4.69, 9.17) is 0 Å². The quantitative estimate of drug-likeness (QED) is 0.895. The van der Waals surface area contributed by atoms with Gasteiger partial charge in [0.05, 0.1) is 6.04 Å². The Kier molecular flexibility index (Phi) is 4.02. The molecule has 1 atom stereocenters. The molecule has 0 spiro atoms. The number of H-pyrrole nitrogens is 1. The third-order valence-corrected chi connectivity index (χ3v) is 4.74. The number of pyridine rings is 1. The number of benzene rings is 1. The number of amides is 1. The van der Waals surface area contributed by atoms with Crippen LogP contribution in [0, 0.1) is 12.7 Å². The molecule has 0 radical (unpaired) electrons. The summed E-state index contributed by atoms with van der Waals surface area (Å²) >= 11 is 1.64. The van der Waals surface area contributed by atoms with Gasteiger partial charge in [0.2, 0.25) is 0 Å². The van der Waals surface area contributed by atoms with E-state index < -0.39 is 11.5 Å². The van der Waals surface area contributed by atoms with Gasteiger partial charge in [-0.2, -0.15) is 0 Å². The Balaban J connectivity index is 1.87. The molecule has 1 amide bonds. The van der Waals surface area contributed by atoms with Crippen molar-refractivity contribution in [1.82, 2.24) is 10.3 Å². The molecule has 0 saturated heterocycles. The first-order valence-electron chi connectivity index (χ1n) is 6.97. The standard InChI is InChI=1S/C16H15FN2O2S/c1-9-2-4-11(15(20)18-9)16(21)19-13-6-7-22-14-5-3-10(17)8-12(13)14/h2-5,8,13H,6-7H2,1H3,(H,18,20)(H,19,21)/t13-/m1/s1. The summed E-state index contributed by atoms with van der Waals surface area (Å²) in [5.41, 5.74) is 1.13. The second kappa shape index (κ2) is 5.96. The van der Waals surface area contributed by atoms with E-state index in [0.29, 0.717) is 12.1 Å². The van der Waals surface area contributed by atoms with Crippen LogP contribution in [0.15, 0.2) is 40.0 Å². The Morgan fingerprint density at radius 2 is 2.18 bits per heavy atom. The Labute approximate surface area is 131 Å². The van der Waals surface area contributed by atoms with Crippen molar-refractivity contribution < 1.29 is 9.18 Å². The molecule has 114 valence electrons. The summed E-state index contributed by atoms with van der Waals surface area (Å²) in [6.45, 7) is 1.75. The first-order chi connectivity index (χ1) is 10.5. The number of aryl methyl sites for hydroxylation is 1. The van der Waals surface area contributed by atoms with Crippen molar-refractivity contribution in [2.75, 3.05) is 5.75 Å². The fourth-order valence-corrected chi connectivity index (χ4v) is 3.61. The highest BCUT2D eigenvalue weighted by Gasteiger charge is 2.24. The molecule has 0 fully saturated rings. The number of nitrogens with one attached hydrogen (secondary N) is 2. The van der Waals surface area contributed by atoms with Crippen molar-refractivity contribution >= 4 is 17.7 Å². The zero-order chi connectivity index (χ0) is 15.7. The highest BCUT2D eigenvalue weighted by Crippen LogP contribution is 2.36. The largest absolute Gasteiger partial charge is 0.345 e. The number of hydrogen-bond acceptors (Lipinski definition) is 3. The molecule has 22 heavy (non-hydrogen) atoms. The molecule has 1 aromatic carbocycles. The molecule has 2 heterocycles. The van der Waals surface area contributed by atoms with E-state index in [9.17, 15) is 14.0 Å². The first-order valence-corrected chi connectivity index (χ1v) is 7.96. The van der Waals surface area contributed by atoms with Gasteiger partial charge in [-0.25, -0.2) is 4.39 Å². The normalized spacial score (nSPS) is 16.9. The summed E-state index contributed by atoms with van der Waals surface area (Å²) in [4.78, 5) is 27.7. The number of hydrogen-bond donors (Lipinski definition) is 2. The molecule has 2 N–H and O–H groups in total. The molecule has 0 unspecified atom stereocenters. The van der Waals surface area contributed by atoms with Gasteiger partial charge in [0, 0.05) is 16.3 Å². The van der Waals surface area contributed by atoms with Crippen LogP contribution < -0.4 is 10.9 Å². The van der Waals surface area contributed by atoms with E-state index in [-0.39, 0.29) is 17.4 Å². The fourth-order valence-electron chi connectivity index (χ4n) is 2.50. The van der Waals surface area contributed by atoms with Gasteiger partial charge in [-0.3, -0.25) is 9.59 Å². The molecular weight excluding hydrogens is 303 g/mol. The van der Waals surface area contributed by atoms with Gasteiger partial charge in [0.25, 0.3) is 11.5 Å². The molecule has 1 aliphatic rings. The monoisotopic (exact) mass is 318 g/mol. The smallest absolute Gasteiger partial charge is 0.260 e. The number of fused-ring (bicyclic) bond motifs is 1. The second-order valence-electron chi connectivity index (χ2n) is 5.23. The minimum atomic E-state index is -0.437. The Morgan fingerprint density at radius 1 is 1.36 bits per heavy atom. The summed E-state index contributed by atoms with van der Waals surface area (Å²) in [6.07, 6.45) is 0.705. The molecule has 0 aliphatic carbocycles. The topological polar surface area (TPSA) is 62.0 Å². The van der Waals surface area contributed by atoms with Gasteiger partial charge >= 0.3 is 0 Å². The van der Waals surface area contributed by atoms with Crippen molar-refractivity contribution in [3.05, 3.63) is 63.3 Å². The lowest BCUT2D eigenvalue weighted by molar-refractivity contribution is 0.0933. The van der Waals surface area contributed by atoms with Crippen LogP contribution in [0.1, 0.15) is 34.1 Å². The van der Waals surface area contributed by atoms with E-state index >= 15 is 0 Å². The summed E-state index contributed by atoms with van der Waals surface area (Å²) in [6, 6.07) is 7.51. The minimum absolute atomic E-state index is 0.0711. The van der Waals surface area contributed by atoms with Crippen LogP contribution in [-0.4, -0.2) is 16.6 Å². The highest BCUT2D eigenvalue weighted by atomic mass is 32.2. The number of aromatic nitrogens is 1. The number of carbonyl (C=O) groups is 1. The van der Waals surface area contributed by atoms with Gasteiger partial charge in [-0.1, -0.05) is 0 Å². The van der Waals surface area contributed by atoms with Gasteiger partial charge in [-0.15, -0.1) is 11.8 Å². The number of thioether (sulfide) groups is 1. The first kappa shape index (κ1) is 14.8. The molecule has 2 aromatic rings. The summed E-state index contributed by atoms with van der Waals surface area (Å²) in [5.74, 6) is 0.0791. The number of aromatic amines is 1. The molecule has 6 heteroatoms. The van der Waals surface area contributed by atoms with Crippen molar-refractivity contribution in [3.63, 3.8) is 0 Å². The van der Waals surface area contributed by atoms with Crippen molar-refractivity contribution in [3.8, 4) is 0 Å². The van der Waals surface area contributed by atoms with Crippen LogP contribution in [0.2, 0.25) is 0 Å². The van der Waals surface area contributed by atoms with E-state index in [1.54, 1.807) is 30.8 Å². The van der Waals surface area contributed by atoms with E-state index in [1.807, 2.05) is 0 Å². The van der Waals surface area contributed by atoms with Crippen molar-refractivity contribution in [1.29, 1.82) is 0 Å². The van der Waals surface area contributed by atoms with E-state index in [0.717, 1.165) is 16.2 Å². The van der Waals surface area contributed by atoms with Crippen molar-refractivity contribution in [2.45, 2.75) is 24.3 Å². The molecule has 3 rings (SSSR count). The highest BCUT2D eigenvalue weighted by molar-refractivity contribution is 7.99. The van der Waals surface area contributed by atoms with Crippen LogP contribution in [-0.2, 0) is 0 Å². The van der Waals surface area contributed by atoms with Gasteiger partial charge in [-0.05, 0) is 49.2 Å². The van der Waals surface area contributed by atoms with Crippen LogP contribution >= 0.6 is 11.8 Å². The number of carbonyl (C=O) groups excluding carboxylic acids is 1. The van der Waals surface area contributed by atoms with Gasteiger partial charge in [0.1, 0.15) is 11.4 Å². The molecular formula is C16H15FN2O2S. The summed E-state index contributed by atoms with van der Waals surface area (Å²) in [5, 5.41) is 2.84. The Hall–Kier alpha value is -2.08. The maximum atomic E-state index is 13.5. The van der Waals surface area contributed by atoms with Crippen LogP contribution in [0.25, 0.3) is 0 Å². The Morgan fingerprint density at radius 3 is 2.95 bits per heavy atom. The Bertz CT molecular complexity index is 788. The van der Waals surface area contributed by atoms with E-state index in [1.165, 1.54) is 18.2 Å². The summed E-state index contributed by atoms with van der Waals surface area (Å²) in [7, 11) is 0. The van der Waals surface area contributed by atoms with Crippen LogP contribution in [0.4, 0.5) is 4.39 Å². The molecule has 1 aromatic heterocycles. The predicted octanol–water partition coefficient (Wildman–Crippen LogP) is 2.79. The second-order valence-corrected chi connectivity index (χ2v) is 6.37. The molecule has 0 bridgehead atoms. The van der Waals surface area contributed by atoms with Gasteiger partial charge < -0.3 is 10.3 Å². The van der Waals surface area contributed by atoms with Gasteiger partial charge in [0.15, 0.2) is 0 Å². The number of halogens is 1. The SMILES string of the molecule is Cc1ccc(C(=O)N[C@@H]2CCSc3ccc(F)cc32)c(=O)[nH]1.